The van der Waals surface area contributed by atoms with Gasteiger partial charge in [-0.1, -0.05) is 35.9 Å². The molecule has 27 heavy (non-hydrogen) atoms. The van der Waals surface area contributed by atoms with Gasteiger partial charge in [0.1, 0.15) is 5.75 Å². The number of benzene rings is 2. The van der Waals surface area contributed by atoms with Gasteiger partial charge >= 0.3 is 0 Å². The van der Waals surface area contributed by atoms with Crippen molar-refractivity contribution < 1.29 is 17.9 Å². The monoisotopic (exact) mass is 385 g/mol. The van der Waals surface area contributed by atoms with Gasteiger partial charge in [0.15, 0.2) is 5.78 Å². The lowest BCUT2D eigenvalue weighted by Crippen LogP contribution is -2.32. The van der Waals surface area contributed by atoms with E-state index < -0.39 is 16.1 Å². The molecule has 1 aliphatic carbocycles. The molecule has 0 saturated heterocycles. The average Bonchev–Trinajstić information content (AvgIpc) is 2.67. The van der Waals surface area contributed by atoms with Crippen molar-refractivity contribution in [2.45, 2.75) is 37.1 Å². The van der Waals surface area contributed by atoms with E-state index in [1.54, 1.807) is 55.6 Å². The van der Waals surface area contributed by atoms with Crippen molar-refractivity contribution >= 4 is 15.8 Å². The van der Waals surface area contributed by atoms with Crippen molar-refractivity contribution in [3.8, 4) is 5.75 Å². The van der Waals surface area contributed by atoms with E-state index >= 15 is 0 Å². The summed E-state index contributed by atoms with van der Waals surface area (Å²) in [7, 11) is -2.22. The molecule has 0 spiro atoms. The van der Waals surface area contributed by atoms with Crippen LogP contribution in [-0.2, 0) is 14.8 Å². The fraction of sp³-hybridized carbons (Fsp3) is 0.286. The Morgan fingerprint density at radius 3 is 2.30 bits per heavy atom. The number of methoxy groups -OCH3 is 1. The minimum atomic E-state index is -3.79. The van der Waals surface area contributed by atoms with E-state index in [2.05, 4.69) is 4.72 Å². The van der Waals surface area contributed by atoms with E-state index in [1.807, 2.05) is 13.0 Å². The van der Waals surface area contributed by atoms with Crippen molar-refractivity contribution in [1.82, 2.24) is 4.72 Å². The van der Waals surface area contributed by atoms with Gasteiger partial charge in [-0.3, -0.25) is 4.79 Å². The van der Waals surface area contributed by atoms with Crippen LogP contribution in [0.5, 0.6) is 5.75 Å². The van der Waals surface area contributed by atoms with Crippen LogP contribution in [0.4, 0.5) is 0 Å². The topological polar surface area (TPSA) is 72.5 Å². The third kappa shape index (κ3) is 4.46. The van der Waals surface area contributed by atoms with Gasteiger partial charge in [-0.25, -0.2) is 8.42 Å². The van der Waals surface area contributed by atoms with Crippen molar-refractivity contribution in [2.75, 3.05) is 7.11 Å². The summed E-state index contributed by atoms with van der Waals surface area (Å²) in [6, 6.07) is 13.0. The highest BCUT2D eigenvalue weighted by Gasteiger charge is 2.29. The number of hydrogen-bond donors (Lipinski definition) is 1. The lowest BCUT2D eigenvalue weighted by Gasteiger charge is -2.24. The van der Waals surface area contributed by atoms with Gasteiger partial charge in [0.2, 0.25) is 10.0 Å². The lowest BCUT2D eigenvalue weighted by molar-refractivity contribution is -0.116. The fourth-order valence-electron chi connectivity index (χ4n) is 3.11. The number of Topliss-reactive ketones (excluding diaryl/α,β-unsaturated/α-hetero) is 1. The van der Waals surface area contributed by atoms with Gasteiger partial charge in [0.25, 0.3) is 0 Å². The maximum absolute atomic E-state index is 12.9. The van der Waals surface area contributed by atoms with Crippen LogP contribution in [0.15, 0.2) is 65.1 Å². The molecule has 1 unspecified atom stereocenters. The van der Waals surface area contributed by atoms with E-state index in [0.29, 0.717) is 23.3 Å². The van der Waals surface area contributed by atoms with Gasteiger partial charge < -0.3 is 4.74 Å². The fourth-order valence-corrected chi connectivity index (χ4v) is 4.31. The van der Waals surface area contributed by atoms with Crippen LogP contribution in [0.25, 0.3) is 0 Å². The van der Waals surface area contributed by atoms with Crippen LogP contribution in [0.1, 0.15) is 36.4 Å². The quantitative estimate of drug-likeness (QED) is 0.823. The minimum Gasteiger partial charge on any atom is -0.497 e. The Morgan fingerprint density at radius 2 is 1.70 bits per heavy atom. The van der Waals surface area contributed by atoms with E-state index in [0.717, 1.165) is 18.4 Å². The van der Waals surface area contributed by atoms with Crippen molar-refractivity contribution in [3.05, 3.63) is 71.3 Å². The average molecular weight is 385 g/mol. The summed E-state index contributed by atoms with van der Waals surface area (Å²) < 4.78 is 33.8. The maximum Gasteiger partial charge on any atom is 0.241 e. The number of hydrogen-bond acceptors (Lipinski definition) is 4. The molecule has 1 N–H and O–H groups in total. The van der Waals surface area contributed by atoms with Gasteiger partial charge in [0, 0.05) is 12.0 Å². The molecule has 0 bridgehead atoms. The molecule has 142 valence electrons. The number of rotatable bonds is 6. The molecule has 1 atom stereocenters. The molecule has 3 rings (SSSR count). The van der Waals surface area contributed by atoms with Crippen LogP contribution in [0, 0.1) is 6.92 Å². The van der Waals surface area contributed by atoms with Crippen molar-refractivity contribution in [1.29, 1.82) is 0 Å². The molecule has 1 aliphatic rings. The van der Waals surface area contributed by atoms with E-state index in [4.69, 9.17) is 4.74 Å². The van der Waals surface area contributed by atoms with Crippen LogP contribution in [-0.4, -0.2) is 21.3 Å². The molecule has 0 aliphatic heterocycles. The smallest absolute Gasteiger partial charge is 0.241 e. The molecule has 6 heteroatoms. The zero-order chi connectivity index (χ0) is 19.4. The van der Waals surface area contributed by atoms with Gasteiger partial charge in [0.05, 0.1) is 18.0 Å². The number of allylic oxidation sites excluding steroid dienone is 1. The SMILES string of the molecule is COc1ccc(C(NS(=O)(=O)c2ccc(C)cc2)C2=CCCCC2=O)cc1. The second-order valence-electron chi connectivity index (χ2n) is 6.62. The highest BCUT2D eigenvalue weighted by atomic mass is 32.2. The summed E-state index contributed by atoms with van der Waals surface area (Å²) in [4.78, 5) is 12.6. The summed E-state index contributed by atoms with van der Waals surface area (Å²) in [6.45, 7) is 1.90. The highest BCUT2D eigenvalue weighted by Crippen LogP contribution is 2.30. The number of ketones is 1. The number of carbonyl (C=O) groups is 1. The van der Waals surface area contributed by atoms with E-state index in [9.17, 15) is 13.2 Å². The Hall–Kier alpha value is -2.44. The third-order valence-corrected chi connectivity index (χ3v) is 6.10. The largest absolute Gasteiger partial charge is 0.497 e. The maximum atomic E-state index is 12.9. The number of sulfonamides is 1. The summed E-state index contributed by atoms with van der Waals surface area (Å²) in [6.07, 6.45) is 3.84. The zero-order valence-electron chi connectivity index (χ0n) is 15.4. The Morgan fingerprint density at radius 1 is 1.04 bits per heavy atom. The second-order valence-corrected chi connectivity index (χ2v) is 8.33. The molecule has 0 radical (unpaired) electrons. The molecule has 2 aromatic carbocycles. The van der Waals surface area contributed by atoms with E-state index in [-0.39, 0.29) is 10.7 Å². The predicted molar refractivity (Wildman–Crippen MR) is 104 cm³/mol. The molecule has 0 heterocycles. The summed E-state index contributed by atoms with van der Waals surface area (Å²) in [5.74, 6) is 0.650. The Kier molecular flexibility index (Phi) is 5.77. The summed E-state index contributed by atoms with van der Waals surface area (Å²) in [5, 5.41) is 0. The second kappa shape index (κ2) is 8.06. The number of aryl methyl sites for hydroxylation is 1. The number of nitrogens with one attached hydrogen (secondary N) is 1. The first kappa shape index (κ1) is 19.3. The van der Waals surface area contributed by atoms with E-state index in [1.165, 1.54) is 0 Å². The Bertz CT molecular complexity index is 945. The normalized spacial score (nSPS) is 15.9. The Labute approximate surface area is 160 Å². The van der Waals surface area contributed by atoms with Crippen LogP contribution < -0.4 is 9.46 Å². The summed E-state index contributed by atoms with van der Waals surface area (Å²) in [5.41, 5.74) is 2.18. The molecular formula is C21H23NO4S. The Balaban J connectivity index is 1.99. The third-order valence-electron chi connectivity index (χ3n) is 4.66. The van der Waals surface area contributed by atoms with Crippen LogP contribution in [0.2, 0.25) is 0 Å². The molecule has 0 saturated carbocycles. The van der Waals surface area contributed by atoms with Gasteiger partial charge in [-0.15, -0.1) is 0 Å². The first-order valence-corrected chi connectivity index (χ1v) is 10.4. The number of carbonyl (C=O) groups excluding carboxylic acids is 1. The molecule has 0 amide bonds. The first-order chi connectivity index (χ1) is 12.9. The van der Waals surface area contributed by atoms with Crippen molar-refractivity contribution in [2.24, 2.45) is 0 Å². The van der Waals surface area contributed by atoms with Crippen LogP contribution in [0.3, 0.4) is 0 Å². The molecule has 0 fully saturated rings. The highest BCUT2D eigenvalue weighted by molar-refractivity contribution is 7.89. The number of ether oxygens (including phenoxy) is 1. The minimum absolute atomic E-state index is 0.0197. The predicted octanol–water partition coefficient (Wildman–Crippen LogP) is 3.70. The molecule has 5 nitrogen and oxygen atoms in total. The van der Waals surface area contributed by atoms with Gasteiger partial charge in [-0.05, 0) is 49.6 Å². The standard InChI is InChI=1S/C21H23NO4S/c1-15-7-13-18(14-8-15)27(24,25)22-21(19-5-3-4-6-20(19)23)16-9-11-17(26-2)12-10-16/h5,7-14,21-22H,3-4,6H2,1-2H3. The van der Waals surface area contributed by atoms with Crippen molar-refractivity contribution in [3.63, 3.8) is 0 Å². The zero-order valence-corrected chi connectivity index (χ0v) is 16.3. The molecule has 0 aromatic heterocycles. The lowest BCUT2D eigenvalue weighted by atomic mass is 9.89. The molecule has 2 aromatic rings. The van der Waals surface area contributed by atoms with Crippen LogP contribution >= 0.6 is 0 Å². The first-order valence-electron chi connectivity index (χ1n) is 8.87. The van der Waals surface area contributed by atoms with Gasteiger partial charge in [-0.2, -0.15) is 4.72 Å². The summed E-state index contributed by atoms with van der Waals surface area (Å²) >= 11 is 0. The molecular weight excluding hydrogens is 362 g/mol.